The molecule has 0 fully saturated rings. The number of rotatable bonds is 7. The fourth-order valence-electron chi connectivity index (χ4n) is 1.67. The van der Waals surface area contributed by atoms with Gasteiger partial charge in [-0.1, -0.05) is 0 Å². The zero-order valence-corrected chi connectivity index (χ0v) is 12.9. The molecule has 0 aliphatic carbocycles. The summed E-state index contributed by atoms with van der Waals surface area (Å²) in [5.74, 6) is -0.448. The molecule has 2 amide bonds. The van der Waals surface area contributed by atoms with Crippen LogP contribution < -0.4 is 10.7 Å². The number of nitrogens with one attached hydrogen (secondary N) is 2. The van der Waals surface area contributed by atoms with E-state index in [1.807, 2.05) is 0 Å². The van der Waals surface area contributed by atoms with Gasteiger partial charge >= 0.3 is 0 Å². The lowest BCUT2D eigenvalue weighted by molar-refractivity contribution is -0.384. The highest BCUT2D eigenvalue weighted by Gasteiger charge is 2.03. The molecule has 0 spiro atoms. The Kier molecular flexibility index (Phi) is 6.18. The maximum atomic E-state index is 11.5. The normalized spacial score (nSPS) is 10.9. The van der Waals surface area contributed by atoms with Gasteiger partial charge in [0.25, 0.3) is 11.6 Å². The number of nitrogens with zero attached hydrogens (tertiary/aromatic N) is 2. The van der Waals surface area contributed by atoms with Crippen LogP contribution in [0.4, 0.5) is 5.69 Å². The summed E-state index contributed by atoms with van der Waals surface area (Å²) in [7, 11) is 0. The second-order valence-electron chi connectivity index (χ2n) is 4.71. The molecule has 1 aromatic carbocycles. The Morgan fingerprint density at radius 2 is 2.00 bits per heavy atom. The Hall–Kier alpha value is -3.75. The number of hydrogen-bond acceptors (Lipinski definition) is 6. The molecule has 0 saturated heterocycles. The van der Waals surface area contributed by atoms with Crippen molar-refractivity contribution in [3.05, 3.63) is 70.2 Å². The first-order valence-electron chi connectivity index (χ1n) is 7.10. The fourth-order valence-corrected chi connectivity index (χ4v) is 1.67. The van der Waals surface area contributed by atoms with E-state index in [-0.39, 0.29) is 12.2 Å². The molecule has 0 radical (unpaired) electrons. The SMILES string of the molecule is O=C(/C=C/c1ccco1)NCC(=O)N/N=C\c1ccc([N+](=O)[O-])cc1. The third kappa shape index (κ3) is 6.10. The largest absolute Gasteiger partial charge is 0.465 e. The van der Waals surface area contributed by atoms with Crippen molar-refractivity contribution in [2.75, 3.05) is 6.54 Å². The van der Waals surface area contributed by atoms with Gasteiger partial charge in [-0.2, -0.15) is 5.10 Å². The molecule has 2 aromatic rings. The lowest BCUT2D eigenvalue weighted by Crippen LogP contribution is -2.34. The molecule has 0 aliphatic heterocycles. The van der Waals surface area contributed by atoms with Crippen LogP contribution in [0.5, 0.6) is 0 Å². The first-order valence-corrected chi connectivity index (χ1v) is 7.10. The number of benzene rings is 1. The molecule has 0 saturated carbocycles. The van der Waals surface area contributed by atoms with E-state index in [0.29, 0.717) is 11.3 Å². The third-order valence-electron chi connectivity index (χ3n) is 2.87. The minimum Gasteiger partial charge on any atom is -0.465 e. The van der Waals surface area contributed by atoms with Crippen molar-refractivity contribution in [3.63, 3.8) is 0 Å². The molecule has 1 aromatic heterocycles. The molecule has 128 valence electrons. The molecule has 9 nitrogen and oxygen atoms in total. The summed E-state index contributed by atoms with van der Waals surface area (Å²) in [6, 6.07) is 9.02. The van der Waals surface area contributed by atoms with Crippen molar-refractivity contribution in [1.29, 1.82) is 0 Å². The summed E-state index contributed by atoms with van der Waals surface area (Å²) < 4.78 is 5.02. The molecular weight excluding hydrogens is 328 g/mol. The first-order chi connectivity index (χ1) is 12.0. The van der Waals surface area contributed by atoms with Crippen molar-refractivity contribution in [2.45, 2.75) is 0 Å². The number of furan rings is 1. The quantitative estimate of drug-likeness (QED) is 0.341. The van der Waals surface area contributed by atoms with Crippen LogP contribution in [0.15, 0.2) is 58.3 Å². The summed E-state index contributed by atoms with van der Waals surface area (Å²) in [5, 5.41) is 16.6. The van der Waals surface area contributed by atoms with E-state index in [9.17, 15) is 19.7 Å². The van der Waals surface area contributed by atoms with Crippen molar-refractivity contribution in [1.82, 2.24) is 10.7 Å². The van der Waals surface area contributed by atoms with Crippen LogP contribution in [0.3, 0.4) is 0 Å². The zero-order chi connectivity index (χ0) is 18.1. The van der Waals surface area contributed by atoms with E-state index in [0.717, 1.165) is 0 Å². The highest BCUT2D eigenvalue weighted by molar-refractivity contribution is 5.94. The predicted molar refractivity (Wildman–Crippen MR) is 89.6 cm³/mol. The van der Waals surface area contributed by atoms with Crippen molar-refractivity contribution < 1.29 is 18.9 Å². The number of non-ortho nitro benzene ring substituents is 1. The highest BCUT2D eigenvalue weighted by Crippen LogP contribution is 2.10. The Morgan fingerprint density at radius 1 is 1.24 bits per heavy atom. The van der Waals surface area contributed by atoms with Crippen LogP contribution in [0.1, 0.15) is 11.3 Å². The van der Waals surface area contributed by atoms with Gasteiger partial charge in [-0.25, -0.2) is 5.43 Å². The number of hydrogen-bond donors (Lipinski definition) is 2. The van der Waals surface area contributed by atoms with E-state index in [1.54, 1.807) is 12.1 Å². The van der Waals surface area contributed by atoms with Crippen molar-refractivity contribution in [3.8, 4) is 0 Å². The molecule has 2 N–H and O–H groups in total. The number of nitro groups is 1. The smallest absolute Gasteiger partial charge is 0.269 e. The van der Waals surface area contributed by atoms with Gasteiger partial charge in [-0.15, -0.1) is 0 Å². The van der Waals surface area contributed by atoms with Gasteiger partial charge in [0.05, 0.1) is 23.9 Å². The summed E-state index contributed by atoms with van der Waals surface area (Å²) >= 11 is 0. The van der Waals surface area contributed by atoms with E-state index >= 15 is 0 Å². The van der Waals surface area contributed by atoms with Gasteiger partial charge < -0.3 is 9.73 Å². The topological polar surface area (TPSA) is 127 Å². The van der Waals surface area contributed by atoms with Gasteiger partial charge in [0.1, 0.15) is 5.76 Å². The summed E-state index contributed by atoms with van der Waals surface area (Å²) in [6.07, 6.45) is 5.53. The number of carbonyl (C=O) groups is 2. The third-order valence-corrected chi connectivity index (χ3v) is 2.87. The van der Waals surface area contributed by atoms with Crippen LogP contribution in [-0.2, 0) is 9.59 Å². The number of nitro benzene ring substituents is 1. The average molecular weight is 342 g/mol. The molecule has 25 heavy (non-hydrogen) atoms. The van der Waals surface area contributed by atoms with E-state index in [4.69, 9.17) is 4.42 Å². The predicted octanol–water partition coefficient (Wildman–Crippen LogP) is 1.47. The van der Waals surface area contributed by atoms with Crippen LogP contribution >= 0.6 is 0 Å². The molecule has 0 aliphatic rings. The lowest BCUT2D eigenvalue weighted by Gasteiger charge is -2.00. The van der Waals surface area contributed by atoms with Crippen molar-refractivity contribution in [2.24, 2.45) is 5.10 Å². The number of hydrazone groups is 1. The molecule has 0 atom stereocenters. The van der Waals surface area contributed by atoms with Crippen LogP contribution in [0, 0.1) is 10.1 Å². The van der Waals surface area contributed by atoms with Gasteiger partial charge in [0.15, 0.2) is 0 Å². The highest BCUT2D eigenvalue weighted by atomic mass is 16.6. The van der Waals surface area contributed by atoms with Gasteiger partial charge in [-0.3, -0.25) is 19.7 Å². The average Bonchev–Trinajstić information content (AvgIpc) is 3.12. The first kappa shape index (κ1) is 17.6. The maximum absolute atomic E-state index is 11.5. The zero-order valence-electron chi connectivity index (χ0n) is 12.9. The second-order valence-corrected chi connectivity index (χ2v) is 4.71. The Labute approximate surface area is 142 Å². The fraction of sp³-hybridized carbons (Fsp3) is 0.0625. The summed E-state index contributed by atoms with van der Waals surface area (Å²) in [5.41, 5.74) is 2.78. The molecule has 2 rings (SSSR count). The number of carbonyl (C=O) groups excluding carboxylic acids is 2. The van der Waals surface area contributed by atoms with Gasteiger partial charge in [0.2, 0.25) is 5.91 Å². The molecule has 0 bridgehead atoms. The van der Waals surface area contributed by atoms with E-state index in [2.05, 4.69) is 15.8 Å². The molecule has 0 unspecified atom stereocenters. The summed E-state index contributed by atoms with van der Waals surface area (Å²) in [6.45, 7) is -0.251. The standard InChI is InChI=1S/C16H14N4O5/c21-15(8-7-14-2-1-9-25-14)17-11-16(22)19-18-10-12-3-5-13(6-4-12)20(23)24/h1-10H,11H2,(H,17,21)(H,19,22)/b8-7+,18-10-. The monoisotopic (exact) mass is 342 g/mol. The van der Waals surface area contributed by atoms with Crippen LogP contribution in [-0.4, -0.2) is 29.5 Å². The van der Waals surface area contributed by atoms with Gasteiger partial charge in [-0.05, 0) is 35.9 Å². The minimum atomic E-state index is -0.516. The Balaban J connectivity index is 1.72. The van der Waals surface area contributed by atoms with Gasteiger partial charge in [0, 0.05) is 18.2 Å². The molecule has 1 heterocycles. The molecule has 9 heteroatoms. The Bertz CT molecular complexity index is 794. The maximum Gasteiger partial charge on any atom is 0.269 e. The van der Waals surface area contributed by atoms with Crippen LogP contribution in [0.2, 0.25) is 0 Å². The molecular formula is C16H14N4O5. The number of amides is 2. The minimum absolute atomic E-state index is 0.0356. The lowest BCUT2D eigenvalue weighted by atomic mass is 10.2. The Morgan fingerprint density at radius 3 is 2.64 bits per heavy atom. The van der Waals surface area contributed by atoms with Crippen LogP contribution in [0.25, 0.3) is 6.08 Å². The second kappa shape index (κ2) is 8.77. The van der Waals surface area contributed by atoms with E-state index < -0.39 is 16.7 Å². The van der Waals surface area contributed by atoms with Crippen molar-refractivity contribution >= 4 is 29.8 Å². The summed E-state index contributed by atoms with van der Waals surface area (Å²) in [4.78, 5) is 33.1. The van der Waals surface area contributed by atoms with E-state index in [1.165, 1.54) is 48.9 Å².